The molecule has 0 aromatic heterocycles. The van der Waals surface area contributed by atoms with Crippen molar-refractivity contribution in [2.45, 2.75) is 44.1 Å². The van der Waals surface area contributed by atoms with Crippen LogP contribution >= 0.6 is 0 Å². The minimum absolute atomic E-state index is 0.106. The predicted molar refractivity (Wildman–Crippen MR) is 60.3 cm³/mol. The molecule has 1 aliphatic rings. The Hall–Kier alpha value is -1.23. The summed E-state index contributed by atoms with van der Waals surface area (Å²) < 4.78 is 42.6. The number of aliphatic hydroxyl groups excluding tert-OH is 1. The fraction of sp³-hybridized carbons (Fsp3) is 0.538. The van der Waals surface area contributed by atoms with Crippen LogP contribution < -0.4 is 4.74 Å². The fourth-order valence-electron chi connectivity index (χ4n) is 2.14. The van der Waals surface area contributed by atoms with Gasteiger partial charge in [0, 0.05) is 6.42 Å². The second kappa shape index (κ2) is 5.18. The molecule has 2 unspecified atom stereocenters. The molecule has 5 heteroatoms. The van der Waals surface area contributed by atoms with E-state index in [2.05, 4.69) is 0 Å². The Morgan fingerprint density at radius 2 is 1.78 bits per heavy atom. The van der Waals surface area contributed by atoms with Crippen molar-refractivity contribution in [3.8, 4) is 5.75 Å². The van der Waals surface area contributed by atoms with Crippen LogP contribution in [0.15, 0.2) is 24.3 Å². The maximum absolute atomic E-state index is 12.4. The van der Waals surface area contributed by atoms with Gasteiger partial charge in [-0.25, -0.2) is 0 Å². The number of aliphatic hydroxyl groups is 1. The molecule has 0 spiro atoms. The first-order valence-electron chi connectivity index (χ1n) is 5.97. The third-order valence-electron chi connectivity index (χ3n) is 3.08. The van der Waals surface area contributed by atoms with Gasteiger partial charge in [0.2, 0.25) is 0 Å². The van der Waals surface area contributed by atoms with E-state index in [1.807, 2.05) is 0 Å². The van der Waals surface area contributed by atoms with Gasteiger partial charge in [-0.05, 0) is 43.5 Å². The highest BCUT2D eigenvalue weighted by Gasteiger charge is 2.30. The van der Waals surface area contributed by atoms with Crippen LogP contribution in [0.25, 0.3) is 0 Å². The average molecular weight is 260 g/mol. The summed E-state index contributed by atoms with van der Waals surface area (Å²) in [5, 5.41) is 9.48. The van der Waals surface area contributed by atoms with Gasteiger partial charge in [0.1, 0.15) is 11.9 Å². The van der Waals surface area contributed by atoms with E-state index in [-0.39, 0.29) is 12.2 Å². The van der Waals surface area contributed by atoms with Crippen molar-refractivity contribution < 1.29 is 23.0 Å². The lowest BCUT2D eigenvalue weighted by Gasteiger charge is -2.26. The highest BCUT2D eigenvalue weighted by Crippen LogP contribution is 2.31. The number of alkyl halides is 3. The van der Waals surface area contributed by atoms with Gasteiger partial charge in [-0.15, -0.1) is 0 Å². The van der Waals surface area contributed by atoms with Crippen LogP contribution in [0.2, 0.25) is 0 Å². The summed E-state index contributed by atoms with van der Waals surface area (Å²) in [7, 11) is 0. The largest absolute Gasteiger partial charge is 0.490 e. The summed E-state index contributed by atoms with van der Waals surface area (Å²) in [5.74, 6) is 0.419. The minimum atomic E-state index is -4.32. The standard InChI is InChI=1S/C13H15F3O2/c14-13(15,16)9-4-6-11(7-5-9)18-12-3-1-2-10(17)8-12/h4-7,10,12,17H,1-3,8H2. The molecule has 1 fully saturated rings. The molecule has 1 saturated carbocycles. The number of benzene rings is 1. The van der Waals surface area contributed by atoms with E-state index in [1.54, 1.807) is 0 Å². The molecule has 18 heavy (non-hydrogen) atoms. The molecular weight excluding hydrogens is 245 g/mol. The molecule has 0 radical (unpaired) electrons. The topological polar surface area (TPSA) is 29.5 Å². The van der Waals surface area contributed by atoms with Gasteiger partial charge < -0.3 is 9.84 Å². The van der Waals surface area contributed by atoms with Crippen LogP contribution in [0.1, 0.15) is 31.2 Å². The van der Waals surface area contributed by atoms with E-state index >= 15 is 0 Å². The molecule has 1 N–H and O–H groups in total. The van der Waals surface area contributed by atoms with Gasteiger partial charge in [0.15, 0.2) is 0 Å². The second-order valence-corrected chi connectivity index (χ2v) is 4.58. The van der Waals surface area contributed by atoms with Crippen LogP contribution in [-0.2, 0) is 6.18 Å². The van der Waals surface area contributed by atoms with Crippen molar-refractivity contribution in [3.63, 3.8) is 0 Å². The first kappa shape index (κ1) is 13.2. The molecule has 2 rings (SSSR count). The van der Waals surface area contributed by atoms with Crippen LogP contribution in [0.4, 0.5) is 13.2 Å². The predicted octanol–water partition coefficient (Wildman–Crippen LogP) is 3.39. The normalized spacial score (nSPS) is 24.9. The molecular formula is C13H15F3O2. The molecule has 1 aromatic rings. The number of hydrogen-bond donors (Lipinski definition) is 1. The zero-order chi connectivity index (χ0) is 13.2. The molecule has 0 amide bonds. The Balaban J connectivity index is 1.98. The van der Waals surface area contributed by atoms with Crippen molar-refractivity contribution in [1.29, 1.82) is 0 Å². The lowest BCUT2D eigenvalue weighted by molar-refractivity contribution is -0.137. The Labute approximate surface area is 103 Å². The molecule has 0 saturated heterocycles. The highest BCUT2D eigenvalue weighted by atomic mass is 19.4. The quantitative estimate of drug-likeness (QED) is 0.883. The minimum Gasteiger partial charge on any atom is -0.490 e. The van der Waals surface area contributed by atoms with Crippen LogP contribution in [0, 0.1) is 0 Å². The summed E-state index contributed by atoms with van der Waals surface area (Å²) in [6.07, 6.45) is -1.76. The molecule has 0 aliphatic heterocycles. The monoisotopic (exact) mass is 260 g/mol. The SMILES string of the molecule is OC1CCCC(Oc2ccc(C(F)(F)F)cc2)C1. The zero-order valence-corrected chi connectivity index (χ0v) is 9.78. The van der Waals surface area contributed by atoms with Crippen LogP contribution in [0.5, 0.6) is 5.75 Å². The van der Waals surface area contributed by atoms with E-state index in [0.717, 1.165) is 31.4 Å². The first-order valence-corrected chi connectivity index (χ1v) is 5.97. The number of ether oxygens (including phenoxy) is 1. The Morgan fingerprint density at radius 3 is 2.33 bits per heavy atom. The smallest absolute Gasteiger partial charge is 0.416 e. The van der Waals surface area contributed by atoms with Gasteiger partial charge in [-0.1, -0.05) is 0 Å². The maximum Gasteiger partial charge on any atom is 0.416 e. The summed E-state index contributed by atoms with van der Waals surface area (Å²) in [6, 6.07) is 4.66. The van der Waals surface area contributed by atoms with Gasteiger partial charge in [-0.2, -0.15) is 13.2 Å². The Morgan fingerprint density at radius 1 is 1.11 bits per heavy atom. The van der Waals surface area contributed by atoms with Crippen molar-refractivity contribution in [3.05, 3.63) is 29.8 Å². The Bertz CT molecular complexity index is 386. The van der Waals surface area contributed by atoms with E-state index in [4.69, 9.17) is 4.74 Å². The van der Waals surface area contributed by atoms with Crippen molar-refractivity contribution >= 4 is 0 Å². The number of rotatable bonds is 2. The second-order valence-electron chi connectivity index (χ2n) is 4.58. The third-order valence-corrected chi connectivity index (χ3v) is 3.08. The van der Waals surface area contributed by atoms with Gasteiger partial charge in [0.05, 0.1) is 11.7 Å². The van der Waals surface area contributed by atoms with Crippen LogP contribution in [0.3, 0.4) is 0 Å². The van der Waals surface area contributed by atoms with E-state index < -0.39 is 11.7 Å². The van der Waals surface area contributed by atoms with Crippen LogP contribution in [-0.4, -0.2) is 17.3 Å². The fourth-order valence-corrected chi connectivity index (χ4v) is 2.14. The summed E-state index contributed by atoms with van der Waals surface area (Å²) in [4.78, 5) is 0. The zero-order valence-electron chi connectivity index (χ0n) is 9.78. The molecule has 2 nitrogen and oxygen atoms in total. The highest BCUT2D eigenvalue weighted by molar-refractivity contribution is 5.29. The molecule has 100 valence electrons. The van der Waals surface area contributed by atoms with E-state index in [9.17, 15) is 18.3 Å². The molecule has 1 aliphatic carbocycles. The van der Waals surface area contributed by atoms with Gasteiger partial charge in [0.25, 0.3) is 0 Å². The summed E-state index contributed by atoms with van der Waals surface area (Å²) in [5.41, 5.74) is -0.682. The van der Waals surface area contributed by atoms with E-state index in [1.165, 1.54) is 12.1 Å². The third kappa shape index (κ3) is 3.38. The molecule has 1 aromatic carbocycles. The molecule has 2 atom stereocenters. The van der Waals surface area contributed by atoms with E-state index in [0.29, 0.717) is 12.2 Å². The first-order chi connectivity index (χ1) is 8.45. The number of hydrogen-bond acceptors (Lipinski definition) is 2. The summed E-state index contributed by atoms with van der Waals surface area (Å²) >= 11 is 0. The maximum atomic E-state index is 12.4. The summed E-state index contributed by atoms with van der Waals surface area (Å²) in [6.45, 7) is 0. The molecule has 0 bridgehead atoms. The lowest BCUT2D eigenvalue weighted by Crippen LogP contribution is -2.28. The van der Waals surface area contributed by atoms with Crippen molar-refractivity contribution in [2.24, 2.45) is 0 Å². The van der Waals surface area contributed by atoms with Gasteiger partial charge in [-0.3, -0.25) is 0 Å². The number of halogens is 3. The Kier molecular flexibility index (Phi) is 3.80. The lowest BCUT2D eigenvalue weighted by atomic mass is 9.95. The van der Waals surface area contributed by atoms with Crippen molar-refractivity contribution in [2.75, 3.05) is 0 Å². The molecule has 0 heterocycles. The van der Waals surface area contributed by atoms with Crippen molar-refractivity contribution in [1.82, 2.24) is 0 Å². The average Bonchev–Trinajstić information content (AvgIpc) is 2.28. The van der Waals surface area contributed by atoms with Gasteiger partial charge >= 0.3 is 6.18 Å².